The predicted octanol–water partition coefficient (Wildman–Crippen LogP) is 1.47. The zero-order chi connectivity index (χ0) is 24.4. The van der Waals surface area contributed by atoms with Crippen LogP contribution in [-0.2, 0) is 4.79 Å². The normalized spacial score (nSPS) is 10.5. The van der Waals surface area contributed by atoms with E-state index in [0.717, 1.165) is 5.48 Å². The molecule has 0 unspecified atom stereocenters. The molecule has 168 valence electrons. The Balaban J connectivity index is 2.03. The van der Waals surface area contributed by atoms with Crippen LogP contribution in [-0.4, -0.2) is 41.2 Å². The Morgan fingerprint density at radius 1 is 0.939 bits per heavy atom. The molecule has 11 heteroatoms. The van der Waals surface area contributed by atoms with Gasteiger partial charge >= 0.3 is 6.03 Å². The lowest BCUT2D eigenvalue weighted by atomic mass is 10.1. The highest BCUT2D eigenvalue weighted by Gasteiger charge is 2.30. The van der Waals surface area contributed by atoms with Crippen molar-refractivity contribution >= 4 is 29.2 Å². The van der Waals surface area contributed by atoms with Gasteiger partial charge in [-0.1, -0.05) is 11.8 Å². The number of nitrogens with two attached hydrogens (primary N) is 1. The zero-order valence-electron chi connectivity index (χ0n) is 16.8. The number of nitrogens with one attached hydrogen (secondary N) is 4. The molecule has 0 aromatic heterocycles. The molecule has 0 aliphatic rings. The van der Waals surface area contributed by atoms with E-state index >= 15 is 0 Å². The molecule has 0 spiro atoms. The minimum Gasteiger partial charge on any atom is -0.351 e. The van der Waals surface area contributed by atoms with Crippen molar-refractivity contribution in [3.63, 3.8) is 0 Å². The molecule has 2 aromatic rings. The second-order valence-corrected chi connectivity index (χ2v) is 6.28. The first-order chi connectivity index (χ1) is 15.7. The average Bonchev–Trinajstić information content (AvgIpc) is 2.80. The van der Waals surface area contributed by atoms with Gasteiger partial charge in [0.05, 0.1) is 0 Å². The SMILES string of the molecule is N=C(C(F)F)[C@H](NC(=O)c1ccc(C#CC#Cc2ccc(NC(N)=O)cc2)cc1)C(=O)NO. The maximum atomic E-state index is 12.7. The van der Waals surface area contributed by atoms with Gasteiger partial charge in [0, 0.05) is 22.4 Å². The van der Waals surface area contributed by atoms with Gasteiger partial charge in [-0.3, -0.25) is 14.8 Å². The highest BCUT2D eigenvalue weighted by atomic mass is 19.3. The molecular weight excluding hydrogens is 436 g/mol. The van der Waals surface area contributed by atoms with Gasteiger partial charge in [-0.05, 0) is 60.4 Å². The van der Waals surface area contributed by atoms with Crippen LogP contribution in [0.25, 0.3) is 0 Å². The number of halogens is 2. The van der Waals surface area contributed by atoms with Gasteiger partial charge in [0.15, 0.2) is 6.04 Å². The minimum atomic E-state index is -3.30. The number of rotatable bonds is 6. The van der Waals surface area contributed by atoms with E-state index in [1.54, 1.807) is 24.3 Å². The number of hydrogen-bond acceptors (Lipinski definition) is 5. The van der Waals surface area contributed by atoms with E-state index in [2.05, 4.69) is 29.0 Å². The molecule has 0 heterocycles. The molecule has 0 fully saturated rings. The van der Waals surface area contributed by atoms with Gasteiger partial charge in [0.25, 0.3) is 18.2 Å². The first kappa shape index (κ1) is 24.5. The van der Waals surface area contributed by atoms with E-state index in [-0.39, 0.29) is 5.56 Å². The Morgan fingerprint density at radius 2 is 1.45 bits per heavy atom. The van der Waals surface area contributed by atoms with Crippen molar-refractivity contribution in [3.8, 4) is 23.7 Å². The predicted molar refractivity (Wildman–Crippen MR) is 115 cm³/mol. The van der Waals surface area contributed by atoms with Gasteiger partial charge in [-0.2, -0.15) is 0 Å². The van der Waals surface area contributed by atoms with Crippen LogP contribution in [0.3, 0.4) is 0 Å². The topological polar surface area (TPSA) is 157 Å². The second kappa shape index (κ2) is 11.6. The number of amides is 4. The summed E-state index contributed by atoms with van der Waals surface area (Å²) < 4.78 is 25.4. The molecule has 1 atom stereocenters. The Kier molecular flexibility index (Phi) is 8.62. The Hall–Kier alpha value is -4.74. The van der Waals surface area contributed by atoms with Crippen molar-refractivity contribution in [1.82, 2.24) is 10.8 Å². The van der Waals surface area contributed by atoms with Gasteiger partial charge in [-0.15, -0.1) is 0 Å². The number of alkyl halides is 2. The molecule has 2 aromatic carbocycles. The van der Waals surface area contributed by atoms with Crippen LogP contribution in [0.15, 0.2) is 48.5 Å². The highest BCUT2D eigenvalue weighted by Crippen LogP contribution is 2.08. The molecule has 4 amide bonds. The molecule has 2 rings (SSSR count). The fraction of sp³-hybridized carbons (Fsp3) is 0.0909. The fourth-order valence-electron chi connectivity index (χ4n) is 2.38. The largest absolute Gasteiger partial charge is 0.351 e. The van der Waals surface area contributed by atoms with E-state index < -0.39 is 36.0 Å². The summed E-state index contributed by atoms with van der Waals surface area (Å²) in [7, 11) is 0. The average molecular weight is 453 g/mol. The molecule has 33 heavy (non-hydrogen) atoms. The number of hydroxylamine groups is 1. The van der Waals surface area contributed by atoms with Crippen molar-refractivity contribution in [2.24, 2.45) is 5.73 Å². The molecule has 9 nitrogen and oxygen atoms in total. The lowest BCUT2D eigenvalue weighted by Gasteiger charge is -2.17. The summed E-state index contributed by atoms with van der Waals surface area (Å²) in [6.07, 6.45) is -3.30. The quantitative estimate of drug-likeness (QED) is 0.169. The van der Waals surface area contributed by atoms with E-state index in [9.17, 15) is 23.2 Å². The molecule has 0 saturated carbocycles. The van der Waals surface area contributed by atoms with Gasteiger partial charge in [0.1, 0.15) is 5.71 Å². The maximum absolute atomic E-state index is 12.7. The number of carbonyl (C=O) groups excluding carboxylic acids is 3. The highest BCUT2D eigenvalue weighted by molar-refractivity contribution is 6.11. The second-order valence-electron chi connectivity index (χ2n) is 6.28. The van der Waals surface area contributed by atoms with Crippen LogP contribution in [0.2, 0.25) is 0 Å². The molecule has 7 N–H and O–H groups in total. The van der Waals surface area contributed by atoms with E-state index in [1.807, 2.05) is 5.32 Å². The summed E-state index contributed by atoms with van der Waals surface area (Å²) in [4.78, 5) is 34.5. The summed E-state index contributed by atoms with van der Waals surface area (Å²) in [5.74, 6) is 8.59. The fourth-order valence-corrected chi connectivity index (χ4v) is 2.38. The van der Waals surface area contributed by atoms with E-state index in [4.69, 9.17) is 16.4 Å². The van der Waals surface area contributed by atoms with Gasteiger partial charge in [-0.25, -0.2) is 19.1 Å². The maximum Gasteiger partial charge on any atom is 0.316 e. The van der Waals surface area contributed by atoms with Crippen molar-refractivity contribution in [1.29, 1.82) is 5.41 Å². The number of benzene rings is 2. The summed E-state index contributed by atoms with van der Waals surface area (Å²) in [5.41, 5.74) is 6.50. The van der Waals surface area contributed by atoms with Crippen molar-refractivity contribution < 1.29 is 28.4 Å². The molecule has 0 aliphatic carbocycles. The van der Waals surface area contributed by atoms with Crippen LogP contribution in [0.1, 0.15) is 21.5 Å². The molecule has 0 saturated heterocycles. The minimum absolute atomic E-state index is 0.0223. The number of hydrogen-bond donors (Lipinski definition) is 6. The molecule has 0 aliphatic heterocycles. The number of primary amides is 1. The van der Waals surface area contributed by atoms with Gasteiger partial charge < -0.3 is 21.8 Å². The molecular formula is C22H17F2N5O4. The zero-order valence-corrected chi connectivity index (χ0v) is 16.8. The van der Waals surface area contributed by atoms with Crippen LogP contribution in [0.5, 0.6) is 0 Å². The molecule has 0 bridgehead atoms. The number of anilines is 1. The van der Waals surface area contributed by atoms with E-state index in [0.29, 0.717) is 16.8 Å². The molecule has 0 radical (unpaired) electrons. The first-order valence-electron chi connectivity index (χ1n) is 9.11. The Labute approximate surface area is 186 Å². The Morgan fingerprint density at radius 3 is 1.91 bits per heavy atom. The summed E-state index contributed by atoms with van der Waals surface area (Å²) in [6, 6.07) is 9.54. The van der Waals surface area contributed by atoms with Crippen molar-refractivity contribution in [2.75, 3.05) is 5.32 Å². The van der Waals surface area contributed by atoms with Crippen LogP contribution < -0.4 is 21.8 Å². The Bertz CT molecular complexity index is 1170. The number of carbonyl (C=O) groups is 3. The summed E-state index contributed by atoms with van der Waals surface area (Å²) in [6.45, 7) is 0. The smallest absolute Gasteiger partial charge is 0.316 e. The lowest BCUT2D eigenvalue weighted by molar-refractivity contribution is -0.129. The first-order valence-corrected chi connectivity index (χ1v) is 9.11. The summed E-state index contributed by atoms with van der Waals surface area (Å²) >= 11 is 0. The van der Waals surface area contributed by atoms with Crippen molar-refractivity contribution in [2.45, 2.75) is 12.5 Å². The van der Waals surface area contributed by atoms with Crippen LogP contribution in [0.4, 0.5) is 19.3 Å². The third kappa shape index (κ3) is 7.47. The van der Waals surface area contributed by atoms with Gasteiger partial charge in [0.2, 0.25) is 0 Å². The third-order valence-electron chi connectivity index (χ3n) is 3.97. The standard InChI is InChI=1S/C22H17F2N5O4/c23-19(24)17(25)18(21(31)29-33)28-20(30)15-9-5-13(6-10-15)3-1-2-4-14-7-11-16(12-8-14)27-22(26)32/h5-12,18-19,25,33H,(H,28,30)(H,29,31)(H3,26,27,32)/t18-/m0/s1. The lowest BCUT2D eigenvalue weighted by Crippen LogP contribution is -2.52. The monoisotopic (exact) mass is 453 g/mol. The van der Waals surface area contributed by atoms with Crippen LogP contribution >= 0.6 is 0 Å². The third-order valence-corrected chi connectivity index (χ3v) is 3.97. The van der Waals surface area contributed by atoms with Crippen LogP contribution in [0, 0.1) is 29.1 Å². The van der Waals surface area contributed by atoms with Crippen molar-refractivity contribution in [3.05, 3.63) is 65.2 Å². The summed E-state index contributed by atoms with van der Waals surface area (Å²) in [5, 5.41) is 20.3. The van der Waals surface area contributed by atoms with E-state index in [1.165, 1.54) is 24.3 Å². The number of urea groups is 1.